The molecule has 1 rings (SSSR count). The van der Waals surface area contributed by atoms with Gasteiger partial charge in [0.05, 0.1) is 13.2 Å². The summed E-state index contributed by atoms with van der Waals surface area (Å²) in [7, 11) is 0. The highest BCUT2D eigenvalue weighted by molar-refractivity contribution is 6.03. The molecule has 1 aliphatic heterocycles. The molecule has 1 N–H and O–H groups in total. The zero-order valence-electron chi connectivity index (χ0n) is 9.08. The third-order valence-electron chi connectivity index (χ3n) is 2.62. The number of carbonyl (C=O) groups excluding carboxylic acids is 1. The normalized spacial score (nSPS) is 26.1. The van der Waals surface area contributed by atoms with E-state index < -0.39 is 11.4 Å². The molecule has 4 nitrogen and oxygen atoms in total. The van der Waals surface area contributed by atoms with Gasteiger partial charge in [-0.15, -0.1) is 0 Å². The van der Waals surface area contributed by atoms with E-state index in [0.717, 1.165) is 5.57 Å². The summed E-state index contributed by atoms with van der Waals surface area (Å²) < 4.78 is 5.12. The van der Waals surface area contributed by atoms with Crippen LogP contribution in [-0.2, 0) is 14.3 Å². The van der Waals surface area contributed by atoms with Crippen LogP contribution in [0.4, 0.5) is 0 Å². The highest BCUT2D eigenvalue weighted by Crippen LogP contribution is 2.30. The number of ether oxygens (including phenoxy) is 1. The number of carboxylic acids is 1. The van der Waals surface area contributed by atoms with E-state index in [1.54, 1.807) is 6.08 Å². The van der Waals surface area contributed by atoms with Gasteiger partial charge in [0.25, 0.3) is 0 Å². The Hall–Kier alpha value is -1.16. The molecule has 1 aliphatic rings. The van der Waals surface area contributed by atoms with E-state index >= 15 is 0 Å². The van der Waals surface area contributed by atoms with Crippen LogP contribution in [0.5, 0.6) is 0 Å². The van der Waals surface area contributed by atoms with Crippen molar-refractivity contribution < 1.29 is 19.4 Å². The molecule has 0 amide bonds. The van der Waals surface area contributed by atoms with Gasteiger partial charge in [-0.2, -0.15) is 0 Å². The lowest BCUT2D eigenvalue weighted by atomic mass is 9.78. The van der Waals surface area contributed by atoms with Crippen LogP contribution in [0, 0.1) is 5.41 Å². The summed E-state index contributed by atoms with van der Waals surface area (Å²) in [4.78, 5) is 22.8. The molecule has 0 aromatic rings. The number of Topliss-reactive ketones (excluding diaryl/α,β-unsaturated/α-hetero) is 1. The summed E-state index contributed by atoms with van der Waals surface area (Å²) >= 11 is 0. The molecule has 15 heavy (non-hydrogen) atoms. The van der Waals surface area contributed by atoms with Gasteiger partial charge in [0.1, 0.15) is 0 Å². The zero-order chi connectivity index (χ0) is 11.5. The molecule has 0 radical (unpaired) electrons. The highest BCUT2D eigenvalue weighted by atomic mass is 16.5. The summed E-state index contributed by atoms with van der Waals surface area (Å²) in [5.41, 5.74) is -0.343. The first kappa shape index (κ1) is 11.9. The van der Waals surface area contributed by atoms with Gasteiger partial charge in [0.15, 0.2) is 11.2 Å². The highest BCUT2D eigenvalue weighted by Gasteiger charge is 2.46. The largest absolute Gasteiger partial charge is 0.480 e. The average Bonchev–Trinajstić information content (AvgIpc) is 2.16. The standard InChI is InChI=1S/C11H16O4/c1-8(2)3-5-11(10(13)14)7-15-6-4-9(11)12/h3H,4-7H2,1-2H3,(H,13,14). The van der Waals surface area contributed by atoms with Crippen molar-refractivity contribution in [3.8, 4) is 0 Å². The summed E-state index contributed by atoms with van der Waals surface area (Å²) in [6.07, 6.45) is 2.20. The summed E-state index contributed by atoms with van der Waals surface area (Å²) in [6.45, 7) is 4.08. The molecule has 0 bridgehead atoms. The van der Waals surface area contributed by atoms with Crippen LogP contribution in [0.15, 0.2) is 11.6 Å². The van der Waals surface area contributed by atoms with Crippen molar-refractivity contribution in [2.75, 3.05) is 13.2 Å². The third-order valence-corrected chi connectivity index (χ3v) is 2.62. The van der Waals surface area contributed by atoms with Crippen molar-refractivity contribution in [1.82, 2.24) is 0 Å². The molecular formula is C11H16O4. The monoisotopic (exact) mass is 212 g/mol. The second-order valence-corrected chi connectivity index (χ2v) is 4.10. The lowest BCUT2D eigenvalue weighted by molar-refractivity contribution is -0.164. The molecule has 4 heteroatoms. The van der Waals surface area contributed by atoms with Crippen molar-refractivity contribution in [1.29, 1.82) is 0 Å². The minimum absolute atomic E-state index is 0.00898. The summed E-state index contributed by atoms with van der Waals surface area (Å²) in [5.74, 6) is -1.30. The number of aliphatic carboxylic acids is 1. The van der Waals surface area contributed by atoms with E-state index in [-0.39, 0.29) is 25.2 Å². The lowest BCUT2D eigenvalue weighted by Crippen LogP contribution is -2.46. The average molecular weight is 212 g/mol. The molecule has 0 aromatic heterocycles. The van der Waals surface area contributed by atoms with E-state index in [0.29, 0.717) is 6.61 Å². The maximum absolute atomic E-state index is 11.7. The zero-order valence-corrected chi connectivity index (χ0v) is 9.08. The van der Waals surface area contributed by atoms with Crippen LogP contribution in [0.2, 0.25) is 0 Å². The smallest absolute Gasteiger partial charge is 0.319 e. The molecule has 1 atom stereocenters. The van der Waals surface area contributed by atoms with Gasteiger partial charge in [0, 0.05) is 6.42 Å². The van der Waals surface area contributed by atoms with Crippen LogP contribution < -0.4 is 0 Å². The minimum atomic E-state index is -1.35. The molecule has 0 aliphatic carbocycles. The van der Waals surface area contributed by atoms with E-state index in [9.17, 15) is 9.59 Å². The summed E-state index contributed by atoms with van der Waals surface area (Å²) in [5, 5.41) is 9.14. The first-order chi connectivity index (χ1) is 6.99. The minimum Gasteiger partial charge on any atom is -0.480 e. The topological polar surface area (TPSA) is 63.6 Å². The molecule has 84 valence electrons. The Morgan fingerprint density at radius 2 is 2.27 bits per heavy atom. The third kappa shape index (κ3) is 2.45. The molecule has 1 unspecified atom stereocenters. The number of hydrogen-bond donors (Lipinski definition) is 1. The van der Waals surface area contributed by atoms with Gasteiger partial charge in [-0.25, -0.2) is 0 Å². The second kappa shape index (κ2) is 4.57. The maximum Gasteiger partial charge on any atom is 0.319 e. The number of rotatable bonds is 3. The van der Waals surface area contributed by atoms with E-state index in [1.165, 1.54) is 0 Å². The number of carbonyl (C=O) groups is 2. The van der Waals surface area contributed by atoms with Gasteiger partial charge in [0.2, 0.25) is 0 Å². The quantitative estimate of drug-likeness (QED) is 0.567. The van der Waals surface area contributed by atoms with Gasteiger partial charge in [-0.3, -0.25) is 9.59 Å². The molecule has 1 fully saturated rings. The Balaban J connectivity index is 2.91. The Labute approximate surface area is 88.9 Å². The number of ketones is 1. The first-order valence-electron chi connectivity index (χ1n) is 4.97. The fourth-order valence-electron chi connectivity index (χ4n) is 1.55. The fourth-order valence-corrected chi connectivity index (χ4v) is 1.55. The lowest BCUT2D eigenvalue weighted by Gasteiger charge is -2.30. The van der Waals surface area contributed by atoms with Crippen molar-refractivity contribution >= 4 is 11.8 Å². The molecular weight excluding hydrogens is 196 g/mol. The molecule has 1 heterocycles. The van der Waals surface area contributed by atoms with Gasteiger partial charge in [-0.05, 0) is 20.3 Å². The molecule has 0 aromatic carbocycles. The Bertz CT molecular complexity index is 302. The number of carboxylic acid groups (broad SMARTS) is 1. The van der Waals surface area contributed by atoms with Crippen molar-refractivity contribution in [3.05, 3.63) is 11.6 Å². The SMILES string of the molecule is CC(C)=CCC1(C(=O)O)COCCC1=O. The molecule has 0 spiro atoms. The van der Waals surface area contributed by atoms with Crippen LogP contribution in [-0.4, -0.2) is 30.1 Å². The van der Waals surface area contributed by atoms with Gasteiger partial charge in [-0.1, -0.05) is 11.6 Å². The van der Waals surface area contributed by atoms with Crippen molar-refractivity contribution in [2.45, 2.75) is 26.7 Å². The Morgan fingerprint density at radius 3 is 2.73 bits per heavy atom. The maximum atomic E-state index is 11.7. The van der Waals surface area contributed by atoms with Crippen molar-refractivity contribution in [3.63, 3.8) is 0 Å². The Morgan fingerprint density at radius 1 is 1.60 bits per heavy atom. The van der Waals surface area contributed by atoms with Crippen molar-refractivity contribution in [2.24, 2.45) is 5.41 Å². The van der Waals surface area contributed by atoms with Crippen LogP contribution >= 0.6 is 0 Å². The van der Waals surface area contributed by atoms with E-state index in [2.05, 4.69) is 0 Å². The second-order valence-electron chi connectivity index (χ2n) is 4.10. The number of hydrogen-bond acceptors (Lipinski definition) is 3. The van der Waals surface area contributed by atoms with Gasteiger partial charge < -0.3 is 9.84 Å². The van der Waals surface area contributed by atoms with Crippen LogP contribution in [0.1, 0.15) is 26.7 Å². The van der Waals surface area contributed by atoms with Gasteiger partial charge >= 0.3 is 5.97 Å². The molecule has 0 saturated carbocycles. The van der Waals surface area contributed by atoms with E-state index in [4.69, 9.17) is 9.84 Å². The predicted octanol–water partition coefficient (Wildman–Crippen LogP) is 1.40. The van der Waals surface area contributed by atoms with E-state index in [1.807, 2.05) is 13.8 Å². The van der Waals surface area contributed by atoms with Crippen LogP contribution in [0.25, 0.3) is 0 Å². The number of allylic oxidation sites excluding steroid dienone is 2. The molecule has 1 saturated heterocycles. The predicted molar refractivity (Wildman–Crippen MR) is 54.6 cm³/mol. The summed E-state index contributed by atoms with van der Waals surface area (Å²) in [6, 6.07) is 0. The Kier molecular flexibility index (Phi) is 3.63. The fraction of sp³-hybridized carbons (Fsp3) is 0.636. The first-order valence-corrected chi connectivity index (χ1v) is 4.97. The van der Waals surface area contributed by atoms with Crippen LogP contribution in [0.3, 0.4) is 0 Å².